The summed E-state index contributed by atoms with van der Waals surface area (Å²) in [6.07, 6.45) is 1.41. The fourth-order valence-electron chi connectivity index (χ4n) is 2.30. The van der Waals surface area contributed by atoms with Gasteiger partial charge in [0.1, 0.15) is 23.8 Å². The van der Waals surface area contributed by atoms with Crippen LogP contribution in [0.15, 0.2) is 28.8 Å². The van der Waals surface area contributed by atoms with Crippen molar-refractivity contribution in [3.63, 3.8) is 0 Å². The molecular weight excluding hydrogens is 230 g/mol. The van der Waals surface area contributed by atoms with Crippen LogP contribution in [0.5, 0.6) is 5.75 Å². The van der Waals surface area contributed by atoms with Gasteiger partial charge in [-0.15, -0.1) is 0 Å². The van der Waals surface area contributed by atoms with Gasteiger partial charge in [0.05, 0.1) is 6.10 Å². The van der Waals surface area contributed by atoms with E-state index in [9.17, 15) is 5.11 Å². The average Bonchev–Trinajstić information content (AvgIpc) is 2.94. The number of aliphatic hydroxyl groups excluding tert-OH is 1. The summed E-state index contributed by atoms with van der Waals surface area (Å²) in [7, 11) is 0. The van der Waals surface area contributed by atoms with Crippen LogP contribution < -0.4 is 4.74 Å². The van der Waals surface area contributed by atoms with Crippen LogP contribution in [0.2, 0.25) is 0 Å². The molecule has 0 radical (unpaired) electrons. The van der Waals surface area contributed by atoms with Crippen LogP contribution in [-0.4, -0.2) is 10.3 Å². The van der Waals surface area contributed by atoms with Crippen LogP contribution in [0.25, 0.3) is 0 Å². The smallest absolute Gasteiger partial charge is 0.134 e. The molecule has 0 saturated carbocycles. The Morgan fingerprint density at radius 1 is 1.44 bits per heavy atom. The minimum Gasteiger partial charge on any atom is -0.487 e. The van der Waals surface area contributed by atoms with Gasteiger partial charge in [0, 0.05) is 6.07 Å². The van der Waals surface area contributed by atoms with Crippen molar-refractivity contribution in [2.45, 2.75) is 32.5 Å². The molecule has 0 amide bonds. The first kappa shape index (κ1) is 11.3. The van der Waals surface area contributed by atoms with Crippen molar-refractivity contribution in [3.8, 4) is 5.75 Å². The maximum absolute atomic E-state index is 9.72. The van der Waals surface area contributed by atoms with Gasteiger partial charge in [0.15, 0.2) is 0 Å². The van der Waals surface area contributed by atoms with Crippen molar-refractivity contribution in [3.05, 3.63) is 46.8 Å². The maximum atomic E-state index is 9.72. The number of hydrogen-bond donors (Lipinski definition) is 1. The SMILES string of the molecule is Cc1cc(COc2ccc3c(c2)CCC3O)no1. The van der Waals surface area contributed by atoms with E-state index in [0.29, 0.717) is 6.61 Å². The van der Waals surface area contributed by atoms with E-state index in [-0.39, 0.29) is 6.10 Å². The van der Waals surface area contributed by atoms with Crippen molar-refractivity contribution < 1.29 is 14.4 Å². The first-order valence-corrected chi connectivity index (χ1v) is 6.08. The van der Waals surface area contributed by atoms with Gasteiger partial charge in [0.2, 0.25) is 0 Å². The highest BCUT2D eigenvalue weighted by Crippen LogP contribution is 2.33. The highest BCUT2D eigenvalue weighted by atomic mass is 16.5. The molecule has 1 aromatic carbocycles. The number of aliphatic hydroxyl groups is 1. The molecule has 4 heteroatoms. The number of ether oxygens (including phenoxy) is 1. The van der Waals surface area contributed by atoms with E-state index in [1.54, 1.807) is 0 Å². The zero-order chi connectivity index (χ0) is 12.5. The van der Waals surface area contributed by atoms with E-state index in [4.69, 9.17) is 9.26 Å². The van der Waals surface area contributed by atoms with Gasteiger partial charge in [0.25, 0.3) is 0 Å². The molecule has 1 N–H and O–H groups in total. The minimum atomic E-state index is -0.313. The van der Waals surface area contributed by atoms with Crippen LogP contribution in [0.3, 0.4) is 0 Å². The van der Waals surface area contributed by atoms with Gasteiger partial charge in [-0.25, -0.2) is 0 Å². The summed E-state index contributed by atoms with van der Waals surface area (Å²) in [5.41, 5.74) is 2.99. The first-order valence-electron chi connectivity index (χ1n) is 6.08. The first-order chi connectivity index (χ1) is 8.72. The predicted octanol–water partition coefficient (Wildman–Crippen LogP) is 2.54. The van der Waals surface area contributed by atoms with Crippen LogP contribution >= 0.6 is 0 Å². The number of aromatic nitrogens is 1. The maximum Gasteiger partial charge on any atom is 0.134 e. The summed E-state index contributed by atoms with van der Waals surface area (Å²) in [5.74, 6) is 1.59. The molecule has 0 fully saturated rings. The van der Waals surface area contributed by atoms with E-state index in [2.05, 4.69) is 5.16 Å². The summed E-state index contributed by atoms with van der Waals surface area (Å²) in [5, 5.41) is 13.6. The van der Waals surface area contributed by atoms with Crippen molar-refractivity contribution in [1.82, 2.24) is 5.16 Å². The Labute approximate surface area is 105 Å². The van der Waals surface area contributed by atoms with Gasteiger partial charge in [-0.05, 0) is 43.0 Å². The van der Waals surface area contributed by atoms with Crippen molar-refractivity contribution in [2.24, 2.45) is 0 Å². The lowest BCUT2D eigenvalue weighted by atomic mass is 10.1. The Morgan fingerprint density at radius 2 is 2.33 bits per heavy atom. The number of hydrogen-bond acceptors (Lipinski definition) is 4. The second-order valence-electron chi connectivity index (χ2n) is 4.63. The lowest BCUT2D eigenvalue weighted by Gasteiger charge is -2.07. The van der Waals surface area contributed by atoms with Crippen molar-refractivity contribution in [1.29, 1.82) is 0 Å². The third kappa shape index (κ3) is 2.11. The monoisotopic (exact) mass is 245 g/mol. The van der Waals surface area contributed by atoms with Crippen molar-refractivity contribution in [2.75, 3.05) is 0 Å². The highest BCUT2D eigenvalue weighted by Gasteiger charge is 2.20. The number of benzene rings is 1. The van der Waals surface area contributed by atoms with E-state index in [1.807, 2.05) is 31.2 Å². The summed E-state index contributed by atoms with van der Waals surface area (Å²) in [4.78, 5) is 0. The molecule has 1 aliphatic carbocycles. The number of aryl methyl sites for hydroxylation is 2. The fraction of sp³-hybridized carbons (Fsp3) is 0.357. The lowest BCUT2D eigenvalue weighted by Crippen LogP contribution is -1.97. The Morgan fingerprint density at radius 3 is 3.11 bits per heavy atom. The fourth-order valence-corrected chi connectivity index (χ4v) is 2.30. The van der Waals surface area contributed by atoms with Crippen LogP contribution in [0.1, 0.15) is 35.1 Å². The average molecular weight is 245 g/mol. The second-order valence-corrected chi connectivity index (χ2v) is 4.63. The second kappa shape index (κ2) is 4.46. The standard InChI is InChI=1S/C14H15NO3/c1-9-6-11(15-18-9)8-17-12-3-4-13-10(7-12)2-5-14(13)16/h3-4,6-7,14,16H,2,5,8H2,1H3. The van der Waals surface area contributed by atoms with E-state index in [0.717, 1.165) is 35.6 Å². The third-order valence-corrected chi connectivity index (χ3v) is 3.22. The van der Waals surface area contributed by atoms with Gasteiger partial charge in [-0.1, -0.05) is 11.2 Å². The molecule has 0 spiro atoms. The lowest BCUT2D eigenvalue weighted by molar-refractivity contribution is 0.180. The van der Waals surface area contributed by atoms with Gasteiger partial charge in [-0.2, -0.15) is 0 Å². The Hall–Kier alpha value is -1.81. The molecule has 0 bridgehead atoms. The summed E-state index contributed by atoms with van der Waals surface area (Å²) in [6.45, 7) is 2.26. The normalized spacial score (nSPS) is 17.8. The largest absolute Gasteiger partial charge is 0.487 e. The zero-order valence-corrected chi connectivity index (χ0v) is 10.2. The molecule has 3 rings (SSSR count). The van der Waals surface area contributed by atoms with Crippen molar-refractivity contribution >= 4 is 0 Å². The highest BCUT2D eigenvalue weighted by molar-refractivity contribution is 5.39. The minimum absolute atomic E-state index is 0.313. The quantitative estimate of drug-likeness (QED) is 0.902. The molecule has 18 heavy (non-hydrogen) atoms. The summed E-state index contributed by atoms with van der Waals surface area (Å²) < 4.78 is 10.6. The third-order valence-electron chi connectivity index (χ3n) is 3.22. The molecule has 2 aromatic rings. The van der Waals surface area contributed by atoms with Gasteiger partial charge in [-0.3, -0.25) is 0 Å². The molecule has 0 saturated heterocycles. The number of fused-ring (bicyclic) bond motifs is 1. The summed E-state index contributed by atoms with van der Waals surface area (Å²) >= 11 is 0. The molecule has 4 nitrogen and oxygen atoms in total. The summed E-state index contributed by atoms with van der Waals surface area (Å²) in [6, 6.07) is 7.69. The zero-order valence-electron chi connectivity index (χ0n) is 10.2. The van der Waals surface area contributed by atoms with E-state index < -0.39 is 0 Å². The van der Waals surface area contributed by atoms with E-state index in [1.165, 1.54) is 5.56 Å². The van der Waals surface area contributed by atoms with Crippen LogP contribution in [-0.2, 0) is 13.0 Å². The molecule has 1 atom stereocenters. The number of rotatable bonds is 3. The molecule has 94 valence electrons. The van der Waals surface area contributed by atoms with Gasteiger partial charge >= 0.3 is 0 Å². The molecule has 0 aliphatic heterocycles. The molecule has 1 aliphatic rings. The number of nitrogens with zero attached hydrogens (tertiary/aromatic N) is 1. The van der Waals surface area contributed by atoms with Crippen LogP contribution in [0.4, 0.5) is 0 Å². The Bertz CT molecular complexity index is 562. The molecule has 1 aromatic heterocycles. The Balaban J connectivity index is 1.70. The van der Waals surface area contributed by atoms with Crippen LogP contribution in [0, 0.1) is 6.92 Å². The topological polar surface area (TPSA) is 55.5 Å². The Kier molecular flexibility index (Phi) is 2.80. The van der Waals surface area contributed by atoms with Gasteiger partial charge < -0.3 is 14.4 Å². The molecule has 1 heterocycles. The predicted molar refractivity (Wildman–Crippen MR) is 65.3 cm³/mol. The molecular formula is C14H15NO3. The molecule has 1 unspecified atom stereocenters. The van der Waals surface area contributed by atoms with E-state index >= 15 is 0 Å².